The van der Waals surface area contributed by atoms with Crippen LogP contribution in [0.15, 0.2) is 76.8 Å². The molecule has 9 nitrogen and oxygen atoms in total. The van der Waals surface area contributed by atoms with Crippen molar-refractivity contribution in [2.75, 3.05) is 0 Å². The van der Waals surface area contributed by atoms with Gasteiger partial charge in [0.2, 0.25) is 5.88 Å². The highest BCUT2D eigenvalue weighted by Crippen LogP contribution is 2.26. The van der Waals surface area contributed by atoms with E-state index in [-0.39, 0.29) is 23.2 Å². The van der Waals surface area contributed by atoms with Gasteiger partial charge >= 0.3 is 0 Å². The van der Waals surface area contributed by atoms with Crippen LogP contribution in [0.2, 0.25) is 0 Å². The molecule has 0 atom stereocenters. The molecule has 0 spiro atoms. The fourth-order valence-electron chi connectivity index (χ4n) is 2.88. The predicted octanol–water partition coefficient (Wildman–Crippen LogP) is 3.15. The number of nitro groups is 1. The summed E-state index contributed by atoms with van der Waals surface area (Å²) in [4.78, 5) is 35.4. The molecule has 9 heteroatoms. The van der Waals surface area contributed by atoms with E-state index in [1.165, 1.54) is 24.5 Å². The highest BCUT2D eigenvalue weighted by Gasteiger charge is 2.16. The zero-order valence-corrected chi connectivity index (χ0v) is 14.8. The summed E-state index contributed by atoms with van der Waals surface area (Å²) in [5.41, 5.74) is -0.269. The van der Waals surface area contributed by atoms with Crippen molar-refractivity contribution in [3.05, 3.63) is 93.0 Å². The zero-order valence-electron chi connectivity index (χ0n) is 14.8. The summed E-state index contributed by atoms with van der Waals surface area (Å²) in [6.07, 6.45) is 3.98. The third kappa shape index (κ3) is 3.32. The number of pyridine rings is 3. The van der Waals surface area contributed by atoms with E-state index in [9.17, 15) is 20.0 Å². The summed E-state index contributed by atoms with van der Waals surface area (Å²) in [6, 6.07) is 14.5. The van der Waals surface area contributed by atoms with Crippen LogP contribution < -0.4 is 5.56 Å². The van der Waals surface area contributed by atoms with Crippen molar-refractivity contribution in [3.63, 3.8) is 0 Å². The number of nitrogens with zero attached hydrogens (tertiary/aromatic N) is 5. The van der Waals surface area contributed by atoms with E-state index in [1.807, 2.05) is 0 Å². The minimum absolute atomic E-state index is 0.152. The van der Waals surface area contributed by atoms with Gasteiger partial charge < -0.3 is 5.11 Å². The van der Waals surface area contributed by atoms with E-state index in [0.29, 0.717) is 16.3 Å². The van der Waals surface area contributed by atoms with Crippen LogP contribution in [0.3, 0.4) is 0 Å². The molecule has 0 aliphatic heterocycles. The number of hydrogen-bond acceptors (Lipinski definition) is 7. The first-order chi connectivity index (χ1) is 14.1. The van der Waals surface area contributed by atoms with Gasteiger partial charge in [0, 0.05) is 29.3 Å². The zero-order chi connectivity index (χ0) is 20.4. The Hall–Kier alpha value is -4.40. The van der Waals surface area contributed by atoms with Gasteiger partial charge in [-0.1, -0.05) is 24.3 Å². The van der Waals surface area contributed by atoms with E-state index < -0.39 is 10.5 Å². The van der Waals surface area contributed by atoms with Crippen LogP contribution in [-0.2, 0) is 0 Å². The number of benzene rings is 1. The highest BCUT2D eigenvalue weighted by molar-refractivity contribution is 6.02. The smallest absolute Gasteiger partial charge is 0.287 e. The predicted molar refractivity (Wildman–Crippen MR) is 107 cm³/mol. The van der Waals surface area contributed by atoms with Crippen molar-refractivity contribution in [2.24, 2.45) is 4.99 Å². The molecular formula is C20H13N5O4. The average Bonchev–Trinajstić information content (AvgIpc) is 2.75. The Labute approximate surface area is 163 Å². The molecular weight excluding hydrogens is 374 g/mol. The molecule has 1 aromatic carbocycles. The lowest BCUT2D eigenvalue weighted by molar-refractivity contribution is -0.385. The maximum absolute atomic E-state index is 12.9. The summed E-state index contributed by atoms with van der Waals surface area (Å²) in [5.74, 6) is 0.164. The van der Waals surface area contributed by atoms with E-state index >= 15 is 0 Å². The molecule has 4 aromatic rings. The molecule has 3 aromatic heterocycles. The summed E-state index contributed by atoms with van der Waals surface area (Å²) < 4.78 is 1.10. The Bertz CT molecular complexity index is 1300. The van der Waals surface area contributed by atoms with Crippen LogP contribution in [-0.4, -0.2) is 30.8 Å². The lowest BCUT2D eigenvalue weighted by atomic mass is 10.1. The van der Waals surface area contributed by atoms with Gasteiger partial charge in [-0.05, 0) is 24.3 Å². The molecule has 0 saturated carbocycles. The minimum atomic E-state index is -0.553. The molecule has 0 fully saturated rings. The lowest BCUT2D eigenvalue weighted by Gasteiger charge is -2.12. The van der Waals surface area contributed by atoms with E-state index in [1.54, 1.807) is 42.5 Å². The van der Waals surface area contributed by atoms with E-state index in [4.69, 9.17) is 0 Å². The number of aromatic nitrogens is 3. The molecule has 0 radical (unpaired) electrons. The second-order valence-electron chi connectivity index (χ2n) is 6.00. The molecule has 0 aliphatic carbocycles. The molecule has 0 amide bonds. The van der Waals surface area contributed by atoms with Crippen molar-refractivity contribution < 1.29 is 10.0 Å². The third-order valence-corrected chi connectivity index (χ3v) is 4.25. The first-order valence-electron chi connectivity index (χ1n) is 8.49. The Morgan fingerprint density at radius 1 is 1.03 bits per heavy atom. The normalized spacial score (nSPS) is 11.2. The SMILES string of the molecule is O=c1c2ccccc2c(C=Nc2ccc([N+](=O)[O-])cn2)c(O)n1-c1ccccn1. The Kier molecular flexibility index (Phi) is 4.54. The molecule has 0 unspecified atom stereocenters. The van der Waals surface area contributed by atoms with Crippen molar-refractivity contribution in [1.82, 2.24) is 14.5 Å². The molecule has 1 N–H and O–H groups in total. The lowest BCUT2D eigenvalue weighted by Crippen LogP contribution is -2.20. The largest absolute Gasteiger partial charge is 0.494 e. The Balaban J connectivity index is 1.89. The molecule has 0 bridgehead atoms. The van der Waals surface area contributed by atoms with Gasteiger partial charge in [-0.2, -0.15) is 0 Å². The number of hydrogen-bond donors (Lipinski definition) is 1. The van der Waals surface area contributed by atoms with Gasteiger partial charge in [0.05, 0.1) is 10.5 Å². The monoisotopic (exact) mass is 387 g/mol. The van der Waals surface area contributed by atoms with Crippen molar-refractivity contribution >= 4 is 28.5 Å². The van der Waals surface area contributed by atoms with Crippen molar-refractivity contribution in [2.45, 2.75) is 0 Å². The average molecular weight is 387 g/mol. The van der Waals surface area contributed by atoms with E-state index in [0.717, 1.165) is 10.8 Å². The van der Waals surface area contributed by atoms with Crippen LogP contribution in [0.25, 0.3) is 16.6 Å². The first kappa shape index (κ1) is 18.0. The van der Waals surface area contributed by atoms with Crippen LogP contribution in [0.5, 0.6) is 5.88 Å². The maximum Gasteiger partial charge on any atom is 0.287 e. The van der Waals surface area contributed by atoms with Crippen LogP contribution in [0.4, 0.5) is 11.5 Å². The summed E-state index contributed by atoms with van der Waals surface area (Å²) in [5, 5.41) is 22.5. The summed E-state index contributed by atoms with van der Waals surface area (Å²) in [6.45, 7) is 0. The molecule has 0 saturated heterocycles. The van der Waals surface area contributed by atoms with Crippen LogP contribution in [0, 0.1) is 10.1 Å². The number of aromatic hydroxyl groups is 1. The quantitative estimate of drug-likeness (QED) is 0.326. The first-order valence-corrected chi connectivity index (χ1v) is 8.49. The van der Waals surface area contributed by atoms with Crippen LogP contribution >= 0.6 is 0 Å². The standard InChI is InChI=1S/C20H13N5O4/c26-19-15-6-2-1-5-14(15)16(20(27)24(19)18-7-3-4-10-21-18)12-23-17-9-8-13(11-22-17)25(28)29/h1-12,27H. The molecule has 4 rings (SSSR count). The van der Waals surface area contributed by atoms with Gasteiger partial charge in [-0.25, -0.2) is 19.5 Å². The topological polar surface area (TPSA) is 124 Å². The van der Waals surface area contributed by atoms with E-state index in [2.05, 4.69) is 15.0 Å². The van der Waals surface area contributed by atoms with Gasteiger partial charge in [0.25, 0.3) is 11.2 Å². The van der Waals surface area contributed by atoms with Crippen molar-refractivity contribution in [1.29, 1.82) is 0 Å². The van der Waals surface area contributed by atoms with Gasteiger partial charge in [-0.15, -0.1) is 0 Å². The fourth-order valence-corrected chi connectivity index (χ4v) is 2.88. The van der Waals surface area contributed by atoms with Gasteiger partial charge in [0.15, 0.2) is 5.82 Å². The van der Waals surface area contributed by atoms with Gasteiger partial charge in [0.1, 0.15) is 12.0 Å². The number of rotatable bonds is 4. The third-order valence-electron chi connectivity index (χ3n) is 4.25. The summed E-state index contributed by atoms with van der Waals surface area (Å²) >= 11 is 0. The van der Waals surface area contributed by atoms with Crippen molar-refractivity contribution in [3.8, 4) is 11.7 Å². The fraction of sp³-hybridized carbons (Fsp3) is 0. The molecule has 29 heavy (non-hydrogen) atoms. The molecule has 3 heterocycles. The van der Waals surface area contributed by atoms with Crippen LogP contribution in [0.1, 0.15) is 5.56 Å². The maximum atomic E-state index is 12.9. The number of aliphatic imine (C=N–C) groups is 1. The Morgan fingerprint density at radius 3 is 2.45 bits per heavy atom. The molecule has 142 valence electrons. The second kappa shape index (κ2) is 7.31. The highest BCUT2D eigenvalue weighted by atomic mass is 16.6. The summed E-state index contributed by atoms with van der Waals surface area (Å²) in [7, 11) is 0. The molecule has 0 aliphatic rings. The minimum Gasteiger partial charge on any atom is -0.494 e. The number of fused-ring (bicyclic) bond motifs is 1. The second-order valence-corrected chi connectivity index (χ2v) is 6.00. The van der Waals surface area contributed by atoms with Gasteiger partial charge in [-0.3, -0.25) is 14.9 Å². The Morgan fingerprint density at radius 2 is 1.79 bits per heavy atom.